The molecule has 0 atom stereocenters. The summed E-state index contributed by atoms with van der Waals surface area (Å²) in [6.07, 6.45) is 0. The maximum Gasteiger partial charge on any atom is 0.0413 e. The molecule has 0 saturated carbocycles. The molecular formula is C13H18BrN. The summed E-state index contributed by atoms with van der Waals surface area (Å²) in [4.78, 5) is 2.44. The van der Waals surface area contributed by atoms with Crippen LogP contribution in [-0.4, -0.2) is 11.9 Å². The van der Waals surface area contributed by atoms with E-state index >= 15 is 0 Å². The van der Waals surface area contributed by atoms with E-state index in [9.17, 15) is 0 Å². The molecule has 2 rings (SSSR count). The van der Waals surface area contributed by atoms with Crippen molar-refractivity contribution in [2.45, 2.75) is 38.8 Å². The van der Waals surface area contributed by atoms with Gasteiger partial charge >= 0.3 is 0 Å². The Morgan fingerprint density at radius 1 is 1.00 bits per heavy atom. The van der Waals surface area contributed by atoms with Crippen molar-refractivity contribution >= 4 is 15.9 Å². The summed E-state index contributed by atoms with van der Waals surface area (Å²) in [5.41, 5.74) is 3.12. The molecule has 1 aliphatic heterocycles. The largest absolute Gasteiger partial charge is 0.288 e. The topological polar surface area (TPSA) is 3.24 Å². The lowest BCUT2D eigenvalue weighted by Gasteiger charge is -2.37. The predicted octanol–water partition coefficient (Wildman–Crippen LogP) is 3.86. The number of halogens is 1. The van der Waals surface area contributed by atoms with E-state index in [-0.39, 0.29) is 11.1 Å². The minimum absolute atomic E-state index is 0.114. The van der Waals surface area contributed by atoms with Crippen LogP contribution in [0.25, 0.3) is 0 Å². The van der Waals surface area contributed by atoms with Gasteiger partial charge < -0.3 is 0 Å². The lowest BCUT2D eigenvalue weighted by atomic mass is 9.91. The van der Waals surface area contributed by atoms with Crippen LogP contribution in [0.1, 0.15) is 38.8 Å². The van der Waals surface area contributed by atoms with Crippen LogP contribution in [0.3, 0.4) is 0 Å². The highest BCUT2D eigenvalue weighted by molar-refractivity contribution is 9.10. The van der Waals surface area contributed by atoms with Crippen LogP contribution in [0, 0.1) is 0 Å². The number of benzene rings is 1. The van der Waals surface area contributed by atoms with Crippen molar-refractivity contribution in [3.05, 3.63) is 33.8 Å². The minimum atomic E-state index is 0.114. The number of fused-ring (bicyclic) bond motifs is 1. The van der Waals surface area contributed by atoms with Gasteiger partial charge in [-0.1, -0.05) is 22.0 Å². The van der Waals surface area contributed by atoms with Crippen molar-refractivity contribution in [3.63, 3.8) is 0 Å². The molecule has 0 bridgehead atoms. The summed E-state index contributed by atoms with van der Waals surface area (Å²) in [6, 6.07) is 6.63. The summed E-state index contributed by atoms with van der Waals surface area (Å²) in [6.45, 7) is 9.14. The van der Waals surface area contributed by atoms with Gasteiger partial charge in [-0.05, 0) is 58.0 Å². The first-order chi connectivity index (χ1) is 6.78. The van der Waals surface area contributed by atoms with E-state index in [1.165, 1.54) is 15.6 Å². The summed E-state index contributed by atoms with van der Waals surface area (Å²) in [5.74, 6) is 0. The van der Waals surface area contributed by atoms with Gasteiger partial charge in [-0.2, -0.15) is 0 Å². The standard InChI is InChI=1S/C13H18BrN/c1-12(2)10-7-6-9(14)8-11(10)13(3,4)15(12)5/h6-8H,1-5H3. The van der Waals surface area contributed by atoms with Crippen LogP contribution < -0.4 is 0 Å². The molecule has 15 heavy (non-hydrogen) atoms. The molecule has 0 aliphatic carbocycles. The Kier molecular flexibility index (Phi) is 2.29. The van der Waals surface area contributed by atoms with E-state index in [0.717, 1.165) is 0 Å². The third-order valence-electron chi connectivity index (χ3n) is 3.98. The second kappa shape index (κ2) is 3.08. The second-order valence-corrected chi connectivity index (χ2v) is 6.28. The van der Waals surface area contributed by atoms with E-state index < -0.39 is 0 Å². The van der Waals surface area contributed by atoms with Gasteiger partial charge in [-0.3, -0.25) is 4.90 Å². The minimum Gasteiger partial charge on any atom is -0.288 e. The summed E-state index contributed by atoms with van der Waals surface area (Å²) in [5, 5.41) is 0. The average Bonchev–Trinajstić information content (AvgIpc) is 2.26. The van der Waals surface area contributed by atoms with Crippen molar-refractivity contribution in [1.82, 2.24) is 4.90 Å². The molecule has 2 heteroatoms. The Morgan fingerprint density at radius 3 is 2.13 bits per heavy atom. The maximum absolute atomic E-state index is 3.56. The third-order valence-corrected chi connectivity index (χ3v) is 4.47. The molecule has 0 amide bonds. The van der Waals surface area contributed by atoms with Crippen molar-refractivity contribution in [2.24, 2.45) is 0 Å². The van der Waals surface area contributed by atoms with Crippen molar-refractivity contribution < 1.29 is 0 Å². The molecule has 1 aromatic rings. The second-order valence-electron chi connectivity index (χ2n) is 5.37. The Labute approximate surface area is 101 Å². The van der Waals surface area contributed by atoms with Gasteiger partial charge in [0.15, 0.2) is 0 Å². The molecule has 0 aromatic heterocycles. The fraction of sp³-hybridized carbons (Fsp3) is 0.538. The van der Waals surface area contributed by atoms with Gasteiger partial charge in [0.25, 0.3) is 0 Å². The predicted molar refractivity (Wildman–Crippen MR) is 68.0 cm³/mol. The monoisotopic (exact) mass is 267 g/mol. The first-order valence-corrected chi connectivity index (χ1v) is 6.11. The van der Waals surface area contributed by atoms with E-state index in [1.54, 1.807) is 0 Å². The Morgan fingerprint density at radius 2 is 1.53 bits per heavy atom. The highest BCUT2D eigenvalue weighted by Gasteiger charge is 2.46. The van der Waals surface area contributed by atoms with Crippen LogP contribution in [-0.2, 0) is 11.1 Å². The molecule has 1 heterocycles. The molecule has 0 radical (unpaired) electrons. The zero-order chi connectivity index (χ0) is 11.4. The van der Waals surface area contributed by atoms with Crippen molar-refractivity contribution in [2.75, 3.05) is 7.05 Å². The summed E-state index contributed by atoms with van der Waals surface area (Å²) < 4.78 is 1.17. The molecule has 1 nitrogen and oxygen atoms in total. The number of hydrogen-bond acceptors (Lipinski definition) is 1. The SMILES string of the molecule is CN1C(C)(C)c2ccc(Br)cc2C1(C)C. The lowest BCUT2D eigenvalue weighted by molar-refractivity contribution is 0.0730. The first kappa shape index (κ1) is 11.2. The smallest absolute Gasteiger partial charge is 0.0413 e. The number of nitrogens with zero attached hydrogens (tertiary/aromatic N) is 1. The zero-order valence-corrected chi connectivity index (χ0v) is 11.6. The highest BCUT2D eigenvalue weighted by Crippen LogP contribution is 2.48. The highest BCUT2D eigenvalue weighted by atomic mass is 79.9. The number of rotatable bonds is 0. The Bertz CT molecular complexity index is 407. The first-order valence-electron chi connectivity index (χ1n) is 5.32. The van der Waals surface area contributed by atoms with E-state index in [2.05, 4.69) is 73.8 Å². The normalized spacial score (nSPS) is 22.8. The summed E-state index contributed by atoms with van der Waals surface area (Å²) >= 11 is 3.56. The molecule has 0 fully saturated rings. The van der Waals surface area contributed by atoms with Gasteiger partial charge in [-0.15, -0.1) is 0 Å². The van der Waals surface area contributed by atoms with Crippen molar-refractivity contribution in [3.8, 4) is 0 Å². The van der Waals surface area contributed by atoms with Crippen LogP contribution in [0.4, 0.5) is 0 Å². The van der Waals surface area contributed by atoms with Gasteiger partial charge in [0.1, 0.15) is 0 Å². The molecule has 0 spiro atoms. The quantitative estimate of drug-likeness (QED) is 0.690. The Balaban J connectivity index is 2.71. The van der Waals surface area contributed by atoms with Crippen LogP contribution in [0.5, 0.6) is 0 Å². The van der Waals surface area contributed by atoms with Crippen LogP contribution >= 0.6 is 15.9 Å². The maximum atomic E-state index is 3.56. The van der Waals surface area contributed by atoms with Crippen molar-refractivity contribution in [1.29, 1.82) is 0 Å². The molecule has 0 saturated heterocycles. The van der Waals surface area contributed by atoms with Crippen LogP contribution in [0.15, 0.2) is 22.7 Å². The fourth-order valence-corrected chi connectivity index (χ4v) is 2.98. The average molecular weight is 268 g/mol. The van der Waals surface area contributed by atoms with Gasteiger partial charge in [-0.25, -0.2) is 0 Å². The fourth-order valence-electron chi connectivity index (χ4n) is 2.62. The Hall–Kier alpha value is -0.340. The molecule has 0 N–H and O–H groups in total. The third kappa shape index (κ3) is 1.38. The molecule has 1 aliphatic rings. The molecule has 1 aromatic carbocycles. The van der Waals surface area contributed by atoms with Gasteiger partial charge in [0.2, 0.25) is 0 Å². The summed E-state index contributed by atoms with van der Waals surface area (Å²) in [7, 11) is 2.20. The molecule has 0 unspecified atom stereocenters. The number of hydrogen-bond donors (Lipinski definition) is 0. The van der Waals surface area contributed by atoms with Gasteiger partial charge in [0.05, 0.1) is 0 Å². The zero-order valence-electron chi connectivity index (χ0n) is 10.1. The molecular weight excluding hydrogens is 250 g/mol. The van der Waals surface area contributed by atoms with Crippen LogP contribution in [0.2, 0.25) is 0 Å². The lowest BCUT2D eigenvalue weighted by Crippen LogP contribution is -2.42. The van der Waals surface area contributed by atoms with E-state index in [0.29, 0.717) is 0 Å². The van der Waals surface area contributed by atoms with Gasteiger partial charge in [0, 0.05) is 15.6 Å². The van der Waals surface area contributed by atoms with E-state index in [1.807, 2.05) is 0 Å². The van der Waals surface area contributed by atoms with E-state index in [4.69, 9.17) is 0 Å². The molecule has 82 valence electrons.